The molecule has 2 aliphatic heterocycles. The zero-order valence-electron chi connectivity index (χ0n) is 14.4. The SMILES string of the molecule is CC(C)(C)[Si]1(C(C)(C)C)OC[C@H]2OC(N=[N+]=[N-])CC=C[C@@H]2O1. The lowest BCUT2D eigenvalue weighted by Gasteiger charge is -2.54. The summed E-state index contributed by atoms with van der Waals surface area (Å²) >= 11 is 0. The molecule has 0 amide bonds. The summed E-state index contributed by atoms with van der Waals surface area (Å²) in [4.78, 5) is 2.84. The van der Waals surface area contributed by atoms with Gasteiger partial charge in [-0.25, -0.2) is 0 Å². The third-order valence-electron chi connectivity index (χ3n) is 4.27. The van der Waals surface area contributed by atoms with Gasteiger partial charge in [0.1, 0.15) is 12.3 Å². The van der Waals surface area contributed by atoms with Gasteiger partial charge >= 0.3 is 8.56 Å². The molecule has 124 valence electrons. The van der Waals surface area contributed by atoms with Crippen molar-refractivity contribution in [1.29, 1.82) is 0 Å². The second-order valence-corrected chi connectivity index (χ2v) is 12.8. The molecule has 0 aromatic carbocycles. The predicted molar refractivity (Wildman–Crippen MR) is 87.6 cm³/mol. The fourth-order valence-corrected chi connectivity index (χ4v) is 8.41. The number of hydrogen-bond acceptors (Lipinski definition) is 4. The lowest BCUT2D eigenvalue weighted by Crippen LogP contribution is -2.64. The van der Waals surface area contributed by atoms with Gasteiger partial charge < -0.3 is 13.6 Å². The zero-order valence-corrected chi connectivity index (χ0v) is 15.4. The Morgan fingerprint density at radius 1 is 1.18 bits per heavy atom. The molecular weight excluding hydrogens is 298 g/mol. The van der Waals surface area contributed by atoms with Crippen LogP contribution in [0.1, 0.15) is 48.0 Å². The normalized spacial score (nSPS) is 31.8. The summed E-state index contributed by atoms with van der Waals surface area (Å²) in [5.41, 5.74) is 8.60. The summed E-state index contributed by atoms with van der Waals surface area (Å²) < 4.78 is 18.8. The van der Waals surface area contributed by atoms with E-state index in [1.54, 1.807) is 0 Å². The Morgan fingerprint density at radius 3 is 2.36 bits per heavy atom. The van der Waals surface area contributed by atoms with Gasteiger partial charge in [-0.1, -0.05) is 58.8 Å². The van der Waals surface area contributed by atoms with Crippen molar-refractivity contribution in [3.05, 3.63) is 22.6 Å². The van der Waals surface area contributed by atoms with E-state index < -0.39 is 14.8 Å². The van der Waals surface area contributed by atoms with Gasteiger partial charge in [-0.3, -0.25) is 0 Å². The summed E-state index contributed by atoms with van der Waals surface area (Å²) in [5, 5.41) is 3.57. The van der Waals surface area contributed by atoms with Crippen LogP contribution in [0.3, 0.4) is 0 Å². The van der Waals surface area contributed by atoms with Gasteiger partial charge in [0.15, 0.2) is 0 Å². The summed E-state index contributed by atoms with van der Waals surface area (Å²) in [7, 11) is -2.49. The van der Waals surface area contributed by atoms with Crippen molar-refractivity contribution in [2.75, 3.05) is 6.61 Å². The van der Waals surface area contributed by atoms with Crippen molar-refractivity contribution in [1.82, 2.24) is 0 Å². The van der Waals surface area contributed by atoms with E-state index in [0.717, 1.165) is 0 Å². The number of hydrogen-bond donors (Lipinski definition) is 0. The molecule has 3 atom stereocenters. The van der Waals surface area contributed by atoms with Crippen molar-refractivity contribution in [2.24, 2.45) is 5.11 Å². The van der Waals surface area contributed by atoms with Gasteiger partial charge in [-0.2, -0.15) is 0 Å². The minimum Gasteiger partial charge on any atom is -0.391 e. The van der Waals surface area contributed by atoms with E-state index in [2.05, 4.69) is 51.6 Å². The van der Waals surface area contributed by atoms with E-state index in [-0.39, 0.29) is 22.3 Å². The van der Waals surface area contributed by atoms with Crippen molar-refractivity contribution in [3.8, 4) is 0 Å². The summed E-state index contributed by atoms with van der Waals surface area (Å²) in [6, 6.07) is 0. The van der Waals surface area contributed by atoms with Gasteiger partial charge in [-0.15, -0.1) is 0 Å². The van der Waals surface area contributed by atoms with Crippen LogP contribution in [-0.2, 0) is 13.6 Å². The first kappa shape index (κ1) is 17.5. The second kappa shape index (κ2) is 5.98. The van der Waals surface area contributed by atoms with E-state index in [1.165, 1.54) is 0 Å². The third kappa shape index (κ3) is 3.09. The molecule has 2 rings (SSSR count). The molecule has 1 unspecified atom stereocenters. The highest BCUT2D eigenvalue weighted by molar-refractivity contribution is 6.73. The minimum absolute atomic E-state index is 0.0550. The molecule has 0 saturated carbocycles. The standard InChI is InChI=1S/C15H27N3O3Si/c1-14(2,3)22(15(4,5)6)19-10-12-11(21-22)8-7-9-13(20-12)17-18-16/h7-8,11-13H,9-10H2,1-6H3/t11-,12+,13?/m0/s1. The maximum Gasteiger partial charge on any atom is 0.349 e. The fraction of sp³-hybridized carbons (Fsp3) is 0.867. The summed E-state index contributed by atoms with van der Waals surface area (Å²) in [6.07, 6.45) is 3.75. The molecule has 1 fully saturated rings. The number of ether oxygens (including phenoxy) is 1. The van der Waals surface area contributed by atoms with Crippen molar-refractivity contribution < 1.29 is 13.6 Å². The molecule has 0 aliphatic carbocycles. The number of nitrogens with zero attached hydrogens (tertiary/aromatic N) is 3. The van der Waals surface area contributed by atoms with Crippen LogP contribution >= 0.6 is 0 Å². The average Bonchev–Trinajstić information content (AvgIpc) is 2.57. The zero-order chi connectivity index (χ0) is 16.6. The Kier molecular flexibility index (Phi) is 4.76. The van der Waals surface area contributed by atoms with Gasteiger partial charge in [0.05, 0.1) is 12.7 Å². The number of fused-ring (bicyclic) bond motifs is 1. The highest BCUT2D eigenvalue weighted by atomic mass is 28.4. The fourth-order valence-electron chi connectivity index (χ4n) is 3.51. The molecule has 0 spiro atoms. The first-order valence-electron chi connectivity index (χ1n) is 7.79. The predicted octanol–water partition coefficient (Wildman–Crippen LogP) is 4.43. The highest BCUT2D eigenvalue weighted by Gasteiger charge is 2.61. The quantitative estimate of drug-likeness (QED) is 0.235. The van der Waals surface area contributed by atoms with Crippen LogP contribution in [0, 0.1) is 0 Å². The van der Waals surface area contributed by atoms with Crippen molar-refractivity contribution in [3.63, 3.8) is 0 Å². The van der Waals surface area contributed by atoms with Gasteiger partial charge in [-0.05, 0) is 12.0 Å². The van der Waals surface area contributed by atoms with Crippen LogP contribution in [0.5, 0.6) is 0 Å². The Labute approximate surface area is 133 Å². The monoisotopic (exact) mass is 325 g/mol. The Bertz CT molecular complexity index is 475. The molecule has 7 heteroatoms. The summed E-state index contributed by atoms with van der Waals surface area (Å²) in [6.45, 7) is 13.6. The molecular formula is C15H27N3O3Si. The topological polar surface area (TPSA) is 76.5 Å². The van der Waals surface area contributed by atoms with Crippen LogP contribution in [0.25, 0.3) is 10.4 Å². The van der Waals surface area contributed by atoms with Crippen molar-refractivity contribution >= 4 is 8.56 Å². The highest BCUT2D eigenvalue weighted by Crippen LogP contribution is 2.54. The molecule has 0 aromatic rings. The number of rotatable bonds is 1. The molecule has 6 nitrogen and oxygen atoms in total. The molecule has 1 saturated heterocycles. The van der Waals surface area contributed by atoms with Crippen LogP contribution in [0.4, 0.5) is 0 Å². The maximum atomic E-state index is 8.60. The van der Waals surface area contributed by atoms with E-state index >= 15 is 0 Å². The van der Waals surface area contributed by atoms with E-state index in [0.29, 0.717) is 13.0 Å². The van der Waals surface area contributed by atoms with Gasteiger partial charge in [0.2, 0.25) is 0 Å². The largest absolute Gasteiger partial charge is 0.391 e. The molecule has 0 radical (unpaired) electrons. The maximum absolute atomic E-state index is 8.60. The molecule has 0 bridgehead atoms. The molecule has 22 heavy (non-hydrogen) atoms. The minimum atomic E-state index is -2.49. The van der Waals surface area contributed by atoms with E-state index in [1.807, 2.05) is 12.2 Å². The van der Waals surface area contributed by atoms with Crippen LogP contribution in [0.2, 0.25) is 10.1 Å². The Morgan fingerprint density at radius 2 is 1.82 bits per heavy atom. The first-order chi connectivity index (χ1) is 10.1. The van der Waals surface area contributed by atoms with Gasteiger partial charge in [0.25, 0.3) is 0 Å². The molecule has 2 aliphatic rings. The average molecular weight is 325 g/mol. The molecule has 2 heterocycles. The summed E-state index contributed by atoms with van der Waals surface area (Å²) in [5.74, 6) is 0. The molecule has 0 N–H and O–H groups in total. The lowest BCUT2D eigenvalue weighted by atomic mass is 10.2. The van der Waals surface area contributed by atoms with Crippen molar-refractivity contribution in [2.45, 2.75) is 76.5 Å². The number of azide groups is 1. The van der Waals surface area contributed by atoms with Crippen LogP contribution in [0.15, 0.2) is 17.3 Å². The Balaban J connectivity index is 2.28. The third-order valence-corrected chi connectivity index (χ3v) is 9.40. The van der Waals surface area contributed by atoms with Crippen LogP contribution in [-0.4, -0.2) is 33.6 Å². The lowest BCUT2D eigenvalue weighted by molar-refractivity contribution is -0.111. The van der Waals surface area contributed by atoms with E-state index in [4.69, 9.17) is 19.1 Å². The van der Waals surface area contributed by atoms with Crippen LogP contribution < -0.4 is 0 Å². The smallest absolute Gasteiger partial charge is 0.349 e. The van der Waals surface area contributed by atoms with Gasteiger partial charge in [0, 0.05) is 15.0 Å². The second-order valence-electron chi connectivity index (χ2n) is 8.01. The molecule has 0 aromatic heterocycles. The first-order valence-corrected chi connectivity index (χ1v) is 9.60. The van der Waals surface area contributed by atoms with E-state index in [9.17, 15) is 0 Å². The Hall–Kier alpha value is -0.853.